The molecule has 1 atom stereocenters. The highest BCUT2D eigenvalue weighted by atomic mass is 35.5. The summed E-state index contributed by atoms with van der Waals surface area (Å²) in [5.74, 6) is -1.79. The molecule has 0 aliphatic rings. The zero-order valence-corrected chi connectivity index (χ0v) is 11.0. The number of nitrogens with zero attached hydrogens (tertiary/aromatic N) is 2. The molecule has 0 aliphatic carbocycles. The molecule has 100 valence electrons. The molecular formula is C8H10ClN3O5S. The van der Waals surface area contributed by atoms with Crippen LogP contribution >= 0.6 is 11.6 Å². The maximum atomic E-state index is 11.6. The van der Waals surface area contributed by atoms with Gasteiger partial charge in [0.15, 0.2) is 5.25 Å². The van der Waals surface area contributed by atoms with Crippen LogP contribution in [0.3, 0.4) is 0 Å². The third-order valence-corrected chi connectivity index (χ3v) is 3.72. The second-order valence-corrected chi connectivity index (χ2v) is 5.57. The summed E-state index contributed by atoms with van der Waals surface area (Å²) in [5.41, 5.74) is 0. The first kappa shape index (κ1) is 14.5. The summed E-state index contributed by atoms with van der Waals surface area (Å²) >= 11 is 5.62. The zero-order chi connectivity index (χ0) is 13.9. The molecule has 0 fully saturated rings. The van der Waals surface area contributed by atoms with Gasteiger partial charge in [0.25, 0.3) is 0 Å². The molecule has 0 bridgehead atoms. The Balaban J connectivity index is 3.04. The van der Waals surface area contributed by atoms with E-state index in [0.717, 1.165) is 6.92 Å². The lowest BCUT2D eigenvalue weighted by molar-refractivity contribution is -0.136. The van der Waals surface area contributed by atoms with Gasteiger partial charge in [-0.3, -0.25) is 9.52 Å². The molecule has 0 radical (unpaired) electrons. The number of anilines is 1. The quantitative estimate of drug-likeness (QED) is 0.752. The molecule has 1 rings (SSSR count). The summed E-state index contributed by atoms with van der Waals surface area (Å²) in [5, 5.41) is 6.95. The highest BCUT2D eigenvalue weighted by Gasteiger charge is 2.28. The summed E-state index contributed by atoms with van der Waals surface area (Å²) in [6.45, 7) is 1.02. The molecule has 10 heteroatoms. The van der Waals surface area contributed by atoms with E-state index >= 15 is 0 Å². The number of sulfonamides is 1. The van der Waals surface area contributed by atoms with Crippen molar-refractivity contribution in [2.75, 3.05) is 11.8 Å². The fourth-order valence-corrected chi connectivity index (χ4v) is 1.86. The van der Waals surface area contributed by atoms with Gasteiger partial charge in [0.05, 0.1) is 7.11 Å². The maximum absolute atomic E-state index is 11.6. The number of hydrogen-bond donors (Lipinski definition) is 2. The average molecular weight is 296 g/mol. The first-order valence-electron chi connectivity index (χ1n) is 4.59. The van der Waals surface area contributed by atoms with Crippen molar-refractivity contribution in [1.29, 1.82) is 0 Å². The first-order chi connectivity index (χ1) is 8.26. The van der Waals surface area contributed by atoms with Crippen molar-refractivity contribution in [2.24, 2.45) is 0 Å². The molecule has 1 aromatic heterocycles. The highest BCUT2D eigenvalue weighted by molar-refractivity contribution is 7.94. The molecule has 0 saturated carbocycles. The van der Waals surface area contributed by atoms with Crippen LogP contribution in [0.25, 0.3) is 0 Å². The van der Waals surface area contributed by atoms with Gasteiger partial charge in [0, 0.05) is 6.07 Å². The van der Waals surface area contributed by atoms with Crippen LogP contribution in [-0.2, 0) is 14.8 Å². The van der Waals surface area contributed by atoms with Gasteiger partial charge in [-0.1, -0.05) is 11.6 Å². The number of halogens is 1. The molecule has 1 heterocycles. The topological polar surface area (TPSA) is 118 Å². The number of rotatable bonds is 5. The molecule has 8 nitrogen and oxygen atoms in total. The van der Waals surface area contributed by atoms with E-state index < -0.39 is 21.2 Å². The van der Waals surface area contributed by atoms with Gasteiger partial charge >= 0.3 is 5.97 Å². The zero-order valence-electron chi connectivity index (χ0n) is 9.42. The van der Waals surface area contributed by atoms with Gasteiger partial charge in [-0.15, -0.1) is 0 Å². The largest absolute Gasteiger partial charge is 0.481 e. The van der Waals surface area contributed by atoms with Crippen LogP contribution in [0, 0.1) is 0 Å². The second-order valence-electron chi connectivity index (χ2n) is 3.18. The molecule has 2 N–H and O–H groups in total. The number of carbonyl (C=O) groups is 1. The van der Waals surface area contributed by atoms with Crippen molar-refractivity contribution in [3.8, 4) is 5.88 Å². The molecule has 1 unspecified atom stereocenters. The Hall–Kier alpha value is -1.61. The van der Waals surface area contributed by atoms with Crippen LogP contribution < -0.4 is 9.46 Å². The van der Waals surface area contributed by atoms with E-state index in [2.05, 4.69) is 9.97 Å². The van der Waals surface area contributed by atoms with Crippen molar-refractivity contribution >= 4 is 33.5 Å². The lowest BCUT2D eigenvalue weighted by Gasteiger charge is -2.10. The van der Waals surface area contributed by atoms with Gasteiger partial charge in [-0.25, -0.2) is 13.4 Å². The van der Waals surface area contributed by atoms with E-state index in [-0.39, 0.29) is 17.0 Å². The predicted octanol–water partition coefficient (Wildman–Crippen LogP) is 0.353. The lowest BCUT2D eigenvalue weighted by atomic mass is 10.5. The number of carboxylic acid groups (broad SMARTS) is 1. The molecular weight excluding hydrogens is 286 g/mol. The Morgan fingerprint density at radius 1 is 1.56 bits per heavy atom. The average Bonchev–Trinajstić information content (AvgIpc) is 2.26. The van der Waals surface area contributed by atoms with Gasteiger partial charge < -0.3 is 9.84 Å². The Morgan fingerprint density at radius 2 is 2.17 bits per heavy atom. The number of hydrogen-bond acceptors (Lipinski definition) is 6. The van der Waals surface area contributed by atoms with E-state index in [1.165, 1.54) is 13.2 Å². The third kappa shape index (κ3) is 3.44. The Bertz CT molecular complexity index is 562. The second kappa shape index (κ2) is 5.36. The summed E-state index contributed by atoms with van der Waals surface area (Å²) < 4.78 is 29.9. The van der Waals surface area contributed by atoms with Gasteiger partial charge in [0.1, 0.15) is 5.15 Å². The van der Waals surface area contributed by atoms with Gasteiger partial charge in [-0.2, -0.15) is 4.98 Å². The van der Waals surface area contributed by atoms with Gasteiger partial charge in [0.2, 0.25) is 21.9 Å². The molecule has 0 spiro atoms. The minimum Gasteiger partial charge on any atom is -0.481 e. The SMILES string of the molecule is COc1cc(Cl)nc(NS(=O)(=O)C(C)C(=O)O)n1. The minimum atomic E-state index is -4.14. The summed E-state index contributed by atoms with van der Waals surface area (Å²) in [6.07, 6.45) is 0. The van der Waals surface area contributed by atoms with Crippen LogP contribution in [0.5, 0.6) is 5.88 Å². The molecule has 0 aliphatic heterocycles. The Morgan fingerprint density at radius 3 is 2.67 bits per heavy atom. The normalized spacial score (nSPS) is 12.8. The van der Waals surface area contributed by atoms with Crippen LogP contribution in [0.2, 0.25) is 5.15 Å². The summed E-state index contributed by atoms with van der Waals surface area (Å²) in [7, 11) is -2.83. The van der Waals surface area contributed by atoms with E-state index in [0.29, 0.717) is 0 Å². The van der Waals surface area contributed by atoms with Crippen LogP contribution in [0.1, 0.15) is 6.92 Å². The van der Waals surface area contributed by atoms with E-state index in [9.17, 15) is 13.2 Å². The van der Waals surface area contributed by atoms with Crippen molar-refractivity contribution < 1.29 is 23.1 Å². The number of aromatic nitrogens is 2. The maximum Gasteiger partial charge on any atom is 0.323 e. The monoisotopic (exact) mass is 295 g/mol. The molecule has 0 saturated heterocycles. The molecule has 1 aromatic rings. The van der Waals surface area contributed by atoms with E-state index in [1.54, 1.807) is 0 Å². The third-order valence-electron chi connectivity index (χ3n) is 1.93. The lowest BCUT2D eigenvalue weighted by Crippen LogP contribution is -2.32. The van der Waals surface area contributed by atoms with Crippen molar-refractivity contribution in [2.45, 2.75) is 12.2 Å². The number of ether oxygens (including phenoxy) is 1. The van der Waals surface area contributed by atoms with Crippen LogP contribution in [0.15, 0.2) is 6.07 Å². The Labute approximate surface area is 108 Å². The van der Waals surface area contributed by atoms with E-state index in [1.807, 2.05) is 4.72 Å². The number of carboxylic acids is 1. The molecule has 0 aromatic carbocycles. The number of aliphatic carboxylic acids is 1. The first-order valence-corrected chi connectivity index (χ1v) is 6.51. The number of methoxy groups -OCH3 is 1. The smallest absolute Gasteiger partial charge is 0.323 e. The van der Waals surface area contributed by atoms with Crippen molar-refractivity contribution in [3.63, 3.8) is 0 Å². The fraction of sp³-hybridized carbons (Fsp3) is 0.375. The molecule has 18 heavy (non-hydrogen) atoms. The summed E-state index contributed by atoms with van der Waals surface area (Å²) in [4.78, 5) is 17.9. The van der Waals surface area contributed by atoms with E-state index in [4.69, 9.17) is 21.4 Å². The van der Waals surface area contributed by atoms with Crippen molar-refractivity contribution in [3.05, 3.63) is 11.2 Å². The predicted molar refractivity (Wildman–Crippen MR) is 63.2 cm³/mol. The highest BCUT2D eigenvalue weighted by Crippen LogP contribution is 2.17. The van der Waals surface area contributed by atoms with Crippen LogP contribution in [0.4, 0.5) is 5.95 Å². The fourth-order valence-electron chi connectivity index (χ4n) is 0.896. The van der Waals surface area contributed by atoms with Crippen molar-refractivity contribution in [1.82, 2.24) is 9.97 Å². The number of nitrogens with one attached hydrogen (secondary N) is 1. The minimum absolute atomic E-state index is 0.0393. The van der Waals surface area contributed by atoms with Crippen LogP contribution in [-0.4, -0.2) is 41.8 Å². The summed E-state index contributed by atoms with van der Waals surface area (Å²) in [6, 6.07) is 1.28. The Kier molecular flexibility index (Phi) is 4.30. The standard InChI is InChI=1S/C8H10ClN3O5S/c1-4(7(13)14)18(15,16)12-8-10-5(9)3-6(11-8)17-2/h3-4H,1-2H3,(H,13,14)(H,10,11,12). The molecule has 0 amide bonds. The van der Waals surface area contributed by atoms with Gasteiger partial charge in [-0.05, 0) is 6.92 Å².